The Morgan fingerprint density at radius 2 is 2.00 bits per heavy atom. The number of nitrogens with two attached hydrogens (primary N) is 1. The summed E-state index contributed by atoms with van der Waals surface area (Å²) in [5.74, 6) is 0.329. The maximum Gasteiger partial charge on any atom is 0.417 e. The molecule has 1 aromatic carbocycles. The van der Waals surface area contributed by atoms with E-state index >= 15 is 0 Å². The van der Waals surface area contributed by atoms with Crippen molar-refractivity contribution in [3.8, 4) is 0 Å². The van der Waals surface area contributed by atoms with Crippen molar-refractivity contribution in [2.75, 3.05) is 25.0 Å². The molecule has 0 unspecified atom stereocenters. The van der Waals surface area contributed by atoms with Gasteiger partial charge in [-0.25, -0.2) is 18.5 Å². The van der Waals surface area contributed by atoms with Gasteiger partial charge in [0.25, 0.3) is 0 Å². The van der Waals surface area contributed by atoms with Crippen molar-refractivity contribution in [1.29, 1.82) is 0 Å². The van der Waals surface area contributed by atoms with Gasteiger partial charge in [-0.3, -0.25) is 4.90 Å². The number of nitrogens with zero attached hydrogens (tertiary/aromatic N) is 2. The van der Waals surface area contributed by atoms with Gasteiger partial charge in [-0.05, 0) is 57.0 Å². The number of anilines is 1. The molecule has 11 heteroatoms. The smallest absolute Gasteiger partial charge is 0.385 e. The van der Waals surface area contributed by atoms with Crippen LogP contribution in [0.3, 0.4) is 0 Å². The van der Waals surface area contributed by atoms with Crippen LogP contribution in [0, 0.1) is 12.8 Å². The van der Waals surface area contributed by atoms with Gasteiger partial charge in [-0.2, -0.15) is 13.2 Å². The van der Waals surface area contributed by atoms with Gasteiger partial charge in [0.2, 0.25) is 10.0 Å². The van der Waals surface area contributed by atoms with E-state index in [1.54, 1.807) is 11.3 Å². The van der Waals surface area contributed by atoms with Crippen molar-refractivity contribution in [1.82, 2.24) is 9.88 Å². The quantitative estimate of drug-likeness (QED) is 0.707. The highest BCUT2D eigenvalue weighted by atomic mass is 32.2. The Morgan fingerprint density at radius 3 is 2.55 bits per heavy atom. The van der Waals surface area contributed by atoms with Crippen molar-refractivity contribution in [3.05, 3.63) is 39.8 Å². The summed E-state index contributed by atoms with van der Waals surface area (Å²) in [4.78, 5) is 5.88. The monoisotopic (exact) mass is 448 g/mol. The Labute approximate surface area is 172 Å². The minimum atomic E-state index is -4.81. The number of benzene rings is 1. The number of piperidine rings is 1. The number of rotatable bonds is 6. The van der Waals surface area contributed by atoms with Gasteiger partial charge in [0.15, 0.2) is 0 Å². The first kappa shape index (κ1) is 22.0. The van der Waals surface area contributed by atoms with Crippen molar-refractivity contribution < 1.29 is 21.6 Å². The molecule has 1 aromatic heterocycles. The standard InChI is InChI=1S/C18H23F3N4O2S2/c1-12-24-15(11-28-12)10-25-6-4-13(5-7-25)9-23-14-2-3-17(29(22,26)27)16(8-14)18(19,20)21/h2-3,8,11,13,23H,4-7,9-10H2,1H3,(H2,22,26,27). The Hall–Kier alpha value is -1.69. The van der Waals surface area contributed by atoms with Crippen LogP contribution in [-0.2, 0) is 22.7 Å². The van der Waals surface area contributed by atoms with Crippen LogP contribution in [-0.4, -0.2) is 37.9 Å². The molecule has 160 valence electrons. The largest absolute Gasteiger partial charge is 0.417 e. The van der Waals surface area contributed by atoms with Crippen LogP contribution in [0.5, 0.6) is 0 Å². The van der Waals surface area contributed by atoms with Crippen LogP contribution in [0.4, 0.5) is 18.9 Å². The number of halogens is 3. The number of aryl methyl sites for hydroxylation is 1. The van der Waals surface area contributed by atoms with Gasteiger partial charge in [-0.1, -0.05) is 0 Å². The molecular formula is C18H23F3N4O2S2. The van der Waals surface area contributed by atoms with Gasteiger partial charge < -0.3 is 5.32 Å². The lowest BCUT2D eigenvalue weighted by atomic mass is 9.96. The van der Waals surface area contributed by atoms with Crippen molar-refractivity contribution in [3.63, 3.8) is 0 Å². The van der Waals surface area contributed by atoms with Gasteiger partial charge in [0, 0.05) is 24.2 Å². The zero-order valence-electron chi connectivity index (χ0n) is 15.9. The molecule has 2 heterocycles. The highest BCUT2D eigenvalue weighted by Crippen LogP contribution is 2.35. The Kier molecular flexibility index (Phi) is 6.51. The van der Waals surface area contributed by atoms with Gasteiger partial charge in [0.05, 0.1) is 21.2 Å². The molecule has 1 fully saturated rings. The maximum atomic E-state index is 13.2. The molecule has 1 saturated heterocycles. The number of primary sulfonamides is 1. The minimum Gasteiger partial charge on any atom is -0.385 e. The second kappa shape index (κ2) is 8.58. The molecule has 0 aliphatic carbocycles. The first-order valence-electron chi connectivity index (χ1n) is 9.13. The Bertz CT molecular complexity index is 952. The van der Waals surface area contributed by atoms with E-state index in [9.17, 15) is 21.6 Å². The van der Waals surface area contributed by atoms with Crippen LogP contribution in [0.25, 0.3) is 0 Å². The lowest BCUT2D eigenvalue weighted by molar-refractivity contribution is -0.139. The summed E-state index contributed by atoms with van der Waals surface area (Å²) in [7, 11) is -4.46. The van der Waals surface area contributed by atoms with Gasteiger partial charge in [0.1, 0.15) is 0 Å². The molecule has 0 radical (unpaired) electrons. The molecule has 3 N–H and O–H groups in total. The summed E-state index contributed by atoms with van der Waals surface area (Å²) in [5.41, 5.74) is 0.0437. The van der Waals surface area contributed by atoms with E-state index in [4.69, 9.17) is 5.14 Å². The molecule has 0 spiro atoms. The van der Waals surface area contributed by atoms with E-state index in [0.29, 0.717) is 12.5 Å². The SMILES string of the molecule is Cc1nc(CN2CCC(CNc3ccc(S(N)(=O)=O)c(C(F)(F)F)c3)CC2)cs1. The molecule has 6 nitrogen and oxygen atoms in total. The highest BCUT2D eigenvalue weighted by Gasteiger charge is 2.36. The number of hydrogen-bond acceptors (Lipinski definition) is 6. The Morgan fingerprint density at radius 1 is 1.31 bits per heavy atom. The van der Waals surface area contributed by atoms with Gasteiger partial charge in [-0.15, -0.1) is 11.3 Å². The highest BCUT2D eigenvalue weighted by molar-refractivity contribution is 7.89. The van der Waals surface area contributed by atoms with E-state index in [0.717, 1.165) is 55.3 Å². The molecular weight excluding hydrogens is 425 g/mol. The lowest BCUT2D eigenvalue weighted by Crippen LogP contribution is -2.35. The molecule has 2 aromatic rings. The molecule has 1 aliphatic heterocycles. The van der Waals surface area contributed by atoms with E-state index < -0.39 is 26.7 Å². The fourth-order valence-corrected chi connectivity index (χ4v) is 4.77. The summed E-state index contributed by atoms with van der Waals surface area (Å²) in [6.07, 6.45) is -2.95. The third kappa shape index (κ3) is 5.91. The van der Waals surface area contributed by atoms with Crippen LogP contribution >= 0.6 is 11.3 Å². The first-order valence-corrected chi connectivity index (χ1v) is 11.6. The van der Waals surface area contributed by atoms with Gasteiger partial charge >= 0.3 is 6.18 Å². The molecule has 0 bridgehead atoms. The van der Waals surface area contributed by atoms with E-state index in [2.05, 4.69) is 20.6 Å². The number of sulfonamides is 1. The number of nitrogens with one attached hydrogen (secondary N) is 1. The third-order valence-corrected chi connectivity index (χ3v) is 6.74. The summed E-state index contributed by atoms with van der Waals surface area (Å²) in [6, 6.07) is 3.02. The first-order chi connectivity index (χ1) is 13.5. The predicted octanol–water partition coefficient (Wildman–Crippen LogP) is 3.44. The van der Waals surface area contributed by atoms with E-state index in [1.807, 2.05) is 6.92 Å². The summed E-state index contributed by atoms with van der Waals surface area (Å²) < 4.78 is 62.5. The Balaban J connectivity index is 1.57. The van der Waals surface area contributed by atoms with Crippen molar-refractivity contribution in [2.45, 2.75) is 37.4 Å². The number of likely N-dealkylation sites (tertiary alicyclic amines) is 1. The molecule has 0 amide bonds. The average Bonchev–Trinajstić information content (AvgIpc) is 3.04. The minimum absolute atomic E-state index is 0.227. The fourth-order valence-electron chi connectivity index (χ4n) is 3.43. The third-order valence-electron chi connectivity index (χ3n) is 4.95. The van der Waals surface area contributed by atoms with Crippen LogP contribution < -0.4 is 10.5 Å². The van der Waals surface area contributed by atoms with Crippen LogP contribution in [0.15, 0.2) is 28.5 Å². The summed E-state index contributed by atoms with van der Waals surface area (Å²) >= 11 is 1.63. The molecule has 29 heavy (non-hydrogen) atoms. The van der Waals surface area contributed by atoms with Crippen molar-refractivity contribution >= 4 is 27.0 Å². The lowest BCUT2D eigenvalue weighted by Gasteiger charge is -2.31. The second-order valence-electron chi connectivity index (χ2n) is 7.21. The maximum absolute atomic E-state index is 13.2. The average molecular weight is 449 g/mol. The van der Waals surface area contributed by atoms with Crippen molar-refractivity contribution in [2.24, 2.45) is 11.1 Å². The van der Waals surface area contributed by atoms with Crippen LogP contribution in [0.2, 0.25) is 0 Å². The number of thiazole rings is 1. The number of hydrogen-bond donors (Lipinski definition) is 2. The zero-order valence-corrected chi connectivity index (χ0v) is 17.5. The number of aromatic nitrogens is 1. The normalized spacial score (nSPS) is 16.9. The second-order valence-corrected chi connectivity index (χ2v) is 9.80. The van der Waals surface area contributed by atoms with E-state index in [-0.39, 0.29) is 5.69 Å². The zero-order chi connectivity index (χ0) is 21.2. The fraction of sp³-hybridized carbons (Fsp3) is 0.500. The van der Waals surface area contributed by atoms with E-state index in [1.165, 1.54) is 6.07 Å². The number of alkyl halides is 3. The summed E-state index contributed by atoms with van der Waals surface area (Å²) in [5, 5.41) is 11.0. The summed E-state index contributed by atoms with van der Waals surface area (Å²) in [6.45, 7) is 5.12. The topological polar surface area (TPSA) is 88.3 Å². The molecule has 3 rings (SSSR count). The molecule has 1 aliphatic rings. The van der Waals surface area contributed by atoms with Crippen LogP contribution in [0.1, 0.15) is 29.1 Å². The predicted molar refractivity (Wildman–Crippen MR) is 106 cm³/mol. The molecule has 0 saturated carbocycles. The molecule has 0 atom stereocenters.